The van der Waals surface area contributed by atoms with Crippen molar-refractivity contribution in [3.05, 3.63) is 11.2 Å². The lowest BCUT2D eigenvalue weighted by Crippen LogP contribution is -2.30. The lowest BCUT2D eigenvalue weighted by molar-refractivity contribution is 0.246. The van der Waals surface area contributed by atoms with Crippen LogP contribution in [-0.4, -0.2) is 35.9 Å². The molecule has 1 saturated heterocycles. The lowest BCUT2D eigenvalue weighted by atomic mass is 9.97. The van der Waals surface area contributed by atoms with E-state index in [9.17, 15) is 0 Å². The van der Waals surface area contributed by atoms with Gasteiger partial charge in [-0.2, -0.15) is 4.98 Å². The fourth-order valence-corrected chi connectivity index (χ4v) is 2.64. The summed E-state index contributed by atoms with van der Waals surface area (Å²) in [6.45, 7) is 2.94. The zero-order valence-corrected chi connectivity index (χ0v) is 12.1. The van der Waals surface area contributed by atoms with Crippen molar-refractivity contribution in [3.8, 4) is 5.88 Å². The number of halogens is 1. The van der Waals surface area contributed by atoms with Gasteiger partial charge < -0.3 is 10.1 Å². The molecule has 0 radical (unpaired) electrons. The Morgan fingerprint density at radius 1 is 1.56 bits per heavy atom. The van der Waals surface area contributed by atoms with Crippen LogP contribution in [0.3, 0.4) is 0 Å². The average Bonchev–Trinajstić information content (AvgIpc) is 2.39. The van der Waals surface area contributed by atoms with Gasteiger partial charge in [0.15, 0.2) is 5.16 Å². The van der Waals surface area contributed by atoms with E-state index >= 15 is 0 Å². The van der Waals surface area contributed by atoms with Gasteiger partial charge in [-0.3, -0.25) is 0 Å². The molecule has 0 unspecified atom stereocenters. The minimum atomic E-state index is 0.434. The van der Waals surface area contributed by atoms with Gasteiger partial charge in [0.25, 0.3) is 0 Å². The number of aromatic nitrogens is 2. The van der Waals surface area contributed by atoms with Gasteiger partial charge in [0.05, 0.1) is 6.61 Å². The molecule has 1 aliphatic rings. The number of piperidine rings is 1. The molecule has 1 N–H and O–H groups in total. The second-order valence-electron chi connectivity index (χ2n) is 4.37. The van der Waals surface area contributed by atoms with Crippen LogP contribution < -0.4 is 10.1 Å². The van der Waals surface area contributed by atoms with Crippen molar-refractivity contribution < 1.29 is 4.74 Å². The van der Waals surface area contributed by atoms with E-state index in [4.69, 9.17) is 16.3 Å². The summed E-state index contributed by atoms with van der Waals surface area (Å²) in [6.07, 6.45) is 5.53. The Morgan fingerprint density at radius 3 is 3.17 bits per heavy atom. The highest BCUT2D eigenvalue weighted by molar-refractivity contribution is 7.98. The maximum absolute atomic E-state index is 5.90. The van der Waals surface area contributed by atoms with Gasteiger partial charge in [0.2, 0.25) is 5.88 Å². The summed E-state index contributed by atoms with van der Waals surface area (Å²) >= 11 is 7.36. The Hall–Kier alpha value is -0.520. The molecule has 18 heavy (non-hydrogen) atoms. The highest BCUT2D eigenvalue weighted by Gasteiger charge is 2.13. The summed E-state index contributed by atoms with van der Waals surface area (Å²) in [7, 11) is 0. The highest BCUT2D eigenvalue weighted by atomic mass is 35.5. The van der Waals surface area contributed by atoms with E-state index in [-0.39, 0.29) is 0 Å². The third kappa shape index (κ3) is 4.30. The molecule has 0 amide bonds. The van der Waals surface area contributed by atoms with Gasteiger partial charge in [0, 0.05) is 6.07 Å². The fourth-order valence-electron chi connectivity index (χ4n) is 2.04. The molecular weight excluding hydrogens is 270 g/mol. The second kappa shape index (κ2) is 7.16. The van der Waals surface area contributed by atoms with Gasteiger partial charge in [-0.25, -0.2) is 4.98 Å². The number of rotatable bonds is 5. The zero-order valence-electron chi connectivity index (χ0n) is 10.5. The summed E-state index contributed by atoms with van der Waals surface area (Å²) in [5.41, 5.74) is 0. The van der Waals surface area contributed by atoms with Crippen molar-refractivity contribution in [1.82, 2.24) is 15.3 Å². The van der Waals surface area contributed by atoms with E-state index in [0.29, 0.717) is 22.8 Å². The molecule has 1 atom stereocenters. The first-order valence-corrected chi connectivity index (χ1v) is 7.80. The van der Waals surface area contributed by atoms with E-state index in [1.807, 2.05) is 6.26 Å². The van der Waals surface area contributed by atoms with Crippen LogP contribution in [0.1, 0.15) is 19.3 Å². The van der Waals surface area contributed by atoms with Crippen LogP contribution in [0.5, 0.6) is 5.88 Å². The summed E-state index contributed by atoms with van der Waals surface area (Å²) in [4.78, 5) is 8.34. The quantitative estimate of drug-likeness (QED) is 0.512. The molecule has 0 aromatic carbocycles. The van der Waals surface area contributed by atoms with Gasteiger partial charge in [0.1, 0.15) is 5.15 Å². The van der Waals surface area contributed by atoms with Crippen molar-refractivity contribution in [2.24, 2.45) is 5.92 Å². The van der Waals surface area contributed by atoms with Crippen LogP contribution in [0.25, 0.3) is 0 Å². The first-order valence-electron chi connectivity index (χ1n) is 6.20. The van der Waals surface area contributed by atoms with Crippen LogP contribution in [0.2, 0.25) is 5.15 Å². The van der Waals surface area contributed by atoms with E-state index in [2.05, 4.69) is 15.3 Å². The molecule has 2 heterocycles. The Bertz CT molecular complexity index is 386. The molecule has 1 aliphatic heterocycles. The predicted octanol–water partition coefficient (Wildman–Crippen LogP) is 2.62. The van der Waals surface area contributed by atoms with Gasteiger partial charge in [-0.05, 0) is 44.5 Å². The molecule has 0 aliphatic carbocycles. The Kier molecular flexibility index (Phi) is 5.53. The van der Waals surface area contributed by atoms with Crippen LogP contribution in [0.15, 0.2) is 11.2 Å². The van der Waals surface area contributed by atoms with Crippen molar-refractivity contribution in [2.45, 2.75) is 24.4 Å². The van der Waals surface area contributed by atoms with Crippen molar-refractivity contribution >= 4 is 23.4 Å². The normalized spacial score (nSPS) is 19.8. The van der Waals surface area contributed by atoms with E-state index in [0.717, 1.165) is 25.4 Å². The zero-order chi connectivity index (χ0) is 12.8. The Morgan fingerprint density at radius 2 is 2.44 bits per heavy atom. The molecule has 6 heteroatoms. The molecule has 2 rings (SSSR count). The van der Waals surface area contributed by atoms with E-state index in [1.165, 1.54) is 24.6 Å². The van der Waals surface area contributed by atoms with E-state index in [1.54, 1.807) is 6.07 Å². The maximum atomic E-state index is 5.90. The third-order valence-corrected chi connectivity index (χ3v) is 3.75. The van der Waals surface area contributed by atoms with Crippen molar-refractivity contribution in [1.29, 1.82) is 0 Å². The van der Waals surface area contributed by atoms with Gasteiger partial charge >= 0.3 is 0 Å². The largest absolute Gasteiger partial charge is 0.478 e. The average molecular weight is 288 g/mol. The highest BCUT2D eigenvalue weighted by Crippen LogP contribution is 2.20. The van der Waals surface area contributed by atoms with Crippen LogP contribution in [0.4, 0.5) is 0 Å². The van der Waals surface area contributed by atoms with Gasteiger partial charge in [-0.1, -0.05) is 23.4 Å². The first kappa shape index (κ1) is 13.9. The first-order chi connectivity index (χ1) is 8.78. The standard InChI is InChI=1S/C12H18ClN3OS/c1-18-12-15-10(13)7-11(16-12)17-6-4-9-3-2-5-14-8-9/h7,9,14H,2-6,8H2,1H3/t9-/m0/s1. The third-order valence-electron chi connectivity index (χ3n) is 3.01. The number of hydrogen-bond acceptors (Lipinski definition) is 5. The molecular formula is C12H18ClN3OS. The molecule has 0 bridgehead atoms. The number of nitrogens with zero attached hydrogens (tertiary/aromatic N) is 2. The minimum Gasteiger partial charge on any atom is -0.478 e. The number of hydrogen-bond donors (Lipinski definition) is 1. The van der Waals surface area contributed by atoms with Gasteiger partial charge in [-0.15, -0.1) is 0 Å². The number of ether oxygens (including phenoxy) is 1. The topological polar surface area (TPSA) is 47.0 Å². The molecule has 1 aromatic heterocycles. The summed E-state index contributed by atoms with van der Waals surface area (Å²) < 4.78 is 5.66. The predicted molar refractivity (Wildman–Crippen MR) is 74.5 cm³/mol. The summed E-state index contributed by atoms with van der Waals surface area (Å²) in [5.74, 6) is 1.29. The second-order valence-corrected chi connectivity index (χ2v) is 5.53. The Balaban J connectivity index is 1.80. The molecule has 0 saturated carbocycles. The van der Waals surface area contributed by atoms with Crippen molar-refractivity contribution in [2.75, 3.05) is 26.0 Å². The minimum absolute atomic E-state index is 0.434. The van der Waals surface area contributed by atoms with Crippen LogP contribution >= 0.6 is 23.4 Å². The molecule has 1 aromatic rings. The van der Waals surface area contributed by atoms with Crippen molar-refractivity contribution in [3.63, 3.8) is 0 Å². The number of thioether (sulfide) groups is 1. The van der Waals surface area contributed by atoms with E-state index < -0.39 is 0 Å². The maximum Gasteiger partial charge on any atom is 0.218 e. The fraction of sp³-hybridized carbons (Fsp3) is 0.667. The molecule has 100 valence electrons. The molecule has 1 fully saturated rings. The molecule has 0 spiro atoms. The Labute approximate surface area is 117 Å². The monoisotopic (exact) mass is 287 g/mol. The van der Waals surface area contributed by atoms with Crippen LogP contribution in [-0.2, 0) is 0 Å². The van der Waals surface area contributed by atoms with Crippen LogP contribution in [0, 0.1) is 5.92 Å². The lowest BCUT2D eigenvalue weighted by Gasteiger charge is -2.22. The number of nitrogens with one attached hydrogen (secondary N) is 1. The molecule has 4 nitrogen and oxygen atoms in total. The summed E-state index contributed by atoms with van der Waals surface area (Å²) in [5, 5.41) is 4.49. The summed E-state index contributed by atoms with van der Waals surface area (Å²) in [6, 6.07) is 1.67. The SMILES string of the molecule is CSc1nc(Cl)cc(OCC[C@@H]2CCCNC2)n1. The smallest absolute Gasteiger partial charge is 0.218 e.